The third-order valence-corrected chi connectivity index (χ3v) is 5.64. The Morgan fingerprint density at radius 3 is 1.80 bits per heavy atom. The highest BCUT2D eigenvalue weighted by Gasteiger charge is 2.40. The highest BCUT2D eigenvalue weighted by Crippen LogP contribution is 2.25. The van der Waals surface area contributed by atoms with E-state index in [0.717, 1.165) is 25.2 Å². The molecule has 176 valence electrons. The van der Waals surface area contributed by atoms with Gasteiger partial charge in [0.2, 0.25) is 5.76 Å². The van der Waals surface area contributed by atoms with Crippen molar-refractivity contribution in [1.29, 1.82) is 0 Å². The second kappa shape index (κ2) is 16.4. The molecule has 6 heteroatoms. The van der Waals surface area contributed by atoms with Crippen molar-refractivity contribution >= 4 is 5.97 Å². The summed E-state index contributed by atoms with van der Waals surface area (Å²) >= 11 is 0. The third-order valence-electron chi connectivity index (χ3n) is 5.64. The highest BCUT2D eigenvalue weighted by atomic mass is 16.6. The molecule has 0 aliphatic carbocycles. The van der Waals surface area contributed by atoms with Gasteiger partial charge in [0.05, 0.1) is 13.2 Å². The molecule has 1 rings (SSSR count). The Bertz CT molecular complexity index is 488. The van der Waals surface area contributed by atoms with Gasteiger partial charge in [-0.1, -0.05) is 97.3 Å². The second-order valence-corrected chi connectivity index (χ2v) is 8.92. The van der Waals surface area contributed by atoms with Crippen LogP contribution in [0.15, 0.2) is 11.5 Å². The average molecular weight is 429 g/mol. The Morgan fingerprint density at radius 2 is 1.33 bits per heavy atom. The third kappa shape index (κ3) is 11.2. The number of cyclic esters (lactones) is 1. The molecule has 0 radical (unpaired) electrons. The molecule has 6 nitrogen and oxygen atoms in total. The number of unbranched alkanes of at least 4 members (excludes halogenated alkanes) is 12. The number of carbonyl (C=O) groups is 1. The molecule has 0 fully saturated rings. The minimum atomic E-state index is -1.29. The number of rotatable bonds is 19. The molecule has 0 bridgehead atoms. The molecular weight excluding hydrogens is 384 g/mol. The van der Waals surface area contributed by atoms with E-state index in [1.165, 1.54) is 70.6 Å². The molecule has 0 aromatic heterocycles. The van der Waals surface area contributed by atoms with Crippen LogP contribution in [0, 0.1) is 5.92 Å². The van der Waals surface area contributed by atoms with E-state index in [0.29, 0.717) is 6.61 Å². The average Bonchev–Trinajstić information content (AvgIpc) is 3.01. The molecule has 2 atom stereocenters. The molecule has 0 aromatic rings. The lowest BCUT2D eigenvalue weighted by molar-refractivity contribution is -0.148. The summed E-state index contributed by atoms with van der Waals surface area (Å²) in [5.41, 5.74) is 0. The van der Waals surface area contributed by atoms with Crippen LogP contribution < -0.4 is 0 Å². The summed E-state index contributed by atoms with van der Waals surface area (Å²) < 4.78 is 10.3. The van der Waals surface area contributed by atoms with E-state index >= 15 is 0 Å². The fraction of sp³-hybridized carbons (Fsp3) is 0.875. The van der Waals surface area contributed by atoms with Crippen molar-refractivity contribution in [1.82, 2.24) is 0 Å². The first-order valence-corrected chi connectivity index (χ1v) is 12.0. The van der Waals surface area contributed by atoms with Gasteiger partial charge in [0, 0.05) is 0 Å². The highest BCUT2D eigenvalue weighted by molar-refractivity contribution is 5.89. The maximum absolute atomic E-state index is 11.4. The van der Waals surface area contributed by atoms with E-state index in [-0.39, 0.29) is 5.76 Å². The Balaban J connectivity index is 1.91. The summed E-state index contributed by atoms with van der Waals surface area (Å²) in [6.45, 7) is 4.37. The Morgan fingerprint density at radius 1 is 0.867 bits per heavy atom. The number of esters is 1. The fourth-order valence-corrected chi connectivity index (χ4v) is 3.74. The first kappa shape index (κ1) is 26.8. The summed E-state index contributed by atoms with van der Waals surface area (Å²) in [4.78, 5) is 11.4. The van der Waals surface area contributed by atoms with Crippen LogP contribution in [-0.4, -0.2) is 46.7 Å². The molecule has 0 saturated carbocycles. The van der Waals surface area contributed by atoms with Crippen molar-refractivity contribution in [2.75, 3.05) is 13.2 Å². The lowest BCUT2D eigenvalue weighted by Crippen LogP contribution is -2.32. The van der Waals surface area contributed by atoms with Crippen molar-refractivity contribution < 1.29 is 29.6 Å². The van der Waals surface area contributed by atoms with Gasteiger partial charge < -0.3 is 24.8 Å². The summed E-state index contributed by atoms with van der Waals surface area (Å²) in [6.07, 6.45) is 15.4. The number of aliphatic hydroxyl groups is 3. The molecule has 1 aliphatic rings. The van der Waals surface area contributed by atoms with Gasteiger partial charge in [0.25, 0.3) is 0 Å². The lowest BCUT2D eigenvalue weighted by Gasteiger charge is -2.18. The maximum Gasteiger partial charge on any atom is 0.378 e. The minimum absolute atomic E-state index is 0.0681. The van der Waals surface area contributed by atoms with Crippen molar-refractivity contribution in [2.24, 2.45) is 5.92 Å². The standard InChI is InChI=1S/C24H44O6/c1-19(2)16-14-12-10-8-6-4-3-5-7-9-11-13-15-17-29-23-21(27)24(28)30-22(23)20(26)18-25/h19-20,22,25-27H,3-18H2,1-2H3/t20-,22+/m0/s1. The molecule has 0 spiro atoms. The van der Waals surface area contributed by atoms with Gasteiger partial charge in [-0.2, -0.15) is 0 Å². The van der Waals surface area contributed by atoms with Gasteiger partial charge in [0.15, 0.2) is 11.9 Å². The van der Waals surface area contributed by atoms with E-state index in [1.54, 1.807) is 0 Å². The quantitative estimate of drug-likeness (QED) is 0.194. The zero-order chi connectivity index (χ0) is 22.2. The monoisotopic (exact) mass is 428 g/mol. The molecule has 1 aliphatic heterocycles. The Kier molecular flexibility index (Phi) is 14.7. The molecular formula is C24H44O6. The van der Waals surface area contributed by atoms with Crippen LogP contribution in [0.1, 0.15) is 104 Å². The Hall–Kier alpha value is -1.27. The predicted molar refractivity (Wildman–Crippen MR) is 118 cm³/mol. The summed E-state index contributed by atoms with van der Waals surface area (Å²) in [6, 6.07) is 0. The largest absolute Gasteiger partial charge is 0.499 e. The maximum atomic E-state index is 11.4. The van der Waals surface area contributed by atoms with Crippen LogP contribution in [0.25, 0.3) is 0 Å². The Labute approximate surface area is 182 Å². The van der Waals surface area contributed by atoms with Crippen LogP contribution >= 0.6 is 0 Å². The van der Waals surface area contributed by atoms with Gasteiger partial charge >= 0.3 is 5.97 Å². The number of hydrogen-bond donors (Lipinski definition) is 3. The molecule has 3 N–H and O–H groups in total. The van der Waals surface area contributed by atoms with E-state index in [1.807, 2.05) is 0 Å². The van der Waals surface area contributed by atoms with Crippen molar-refractivity contribution in [3.8, 4) is 0 Å². The molecule has 0 aromatic carbocycles. The molecule has 0 amide bonds. The number of ether oxygens (including phenoxy) is 2. The second-order valence-electron chi connectivity index (χ2n) is 8.92. The molecule has 30 heavy (non-hydrogen) atoms. The van der Waals surface area contributed by atoms with E-state index in [2.05, 4.69) is 13.8 Å². The summed E-state index contributed by atoms with van der Waals surface area (Å²) in [7, 11) is 0. The van der Waals surface area contributed by atoms with Gasteiger partial charge in [-0.15, -0.1) is 0 Å². The zero-order valence-electron chi connectivity index (χ0n) is 19.1. The van der Waals surface area contributed by atoms with Gasteiger partial charge in [-0.3, -0.25) is 0 Å². The minimum Gasteiger partial charge on any atom is -0.499 e. The van der Waals surface area contributed by atoms with Crippen LogP contribution in [0.3, 0.4) is 0 Å². The van der Waals surface area contributed by atoms with Crippen molar-refractivity contribution in [3.63, 3.8) is 0 Å². The van der Waals surface area contributed by atoms with Gasteiger partial charge in [-0.05, 0) is 12.3 Å². The SMILES string of the molecule is CC(C)CCCCCCCCCCCCCCCOC1=C(O)C(=O)O[C@@H]1[C@@H](O)CO. The zero-order valence-corrected chi connectivity index (χ0v) is 19.1. The topological polar surface area (TPSA) is 96.2 Å². The summed E-state index contributed by atoms with van der Waals surface area (Å²) in [5.74, 6) is -0.757. The van der Waals surface area contributed by atoms with Crippen molar-refractivity contribution in [2.45, 2.75) is 116 Å². The van der Waals surface area contributed by atoms with Gasteiger partial charge in [0.1, 0.15) is 6.10 Å². The number of aliphatic hydroxyl groups excluding tert-OH is 3. The van der Waals surface area contributed by atoms with Crippen LogP contribution in [0.4, 0.5) is 0 Å². The van der Waals surface area contributed by atoms with E-state index in [4.69, 9.17) is 14.6 Å². The van der Waals surface area contributed by atoms with E-state index < -0.39 is 30.5 Å². The number of hydrogen-bond acceptors (Lipinski definition) is 6. The van der Waals surface area contributed by atoms with Crippen LogP contribution in [-0.2, 0) is 14.3 Å². The van der Waals surface area contributed by atoms with Crippen LogP contribution in [0.2, 0.25) is 0 Å². The smallest absolute Gasteiger partial charge is 0.378 e. The first-order valence-electron chi connectivity index (χ1n) is 12.0. The first-order chi connectivity index (χ1) is 14.5. The molecule has 0 saturated heterocycles. The predicted octanol–water partition coefficient (Wildman–Crippen LogP) is 5.17. The van der Waals surface area contributed by atoms with E-state index in [9.17, 15) is 15.0 Å². The van der Waals surface area contributed by atoms with Crippen molar-refractivity contribution in [3.05, 3.63) is 11.5 Å². The lowest BCUT2D eigenvalue weighted by atomic mass is 10.0. The molecule has 1 heterocycles. The number of carbonyl (C=O) groups excluding carboxylic acids is 1. The van der Waals surface area contributed by atoms with Gasteiger partial charge in [-0.25, -0.2) is 4.79 Å². The molecule has 0 unspecified atom stereocenters. The van der Waals surface area contributed by atoms with Crippen LogP contribution in [0.5, 0.6) is 0 Å². The summed E-state index contributed by atoms with van der Waals surface area (Å²) in [5, 5.41) is 28.4. The normalized spacial score (nSPS) is 17.6. The fourth-order valence-electron chi connectivity index (χ4n) is 3.74.